The van der Waals surface area contributed by atoms with Gasteiger partial charge < -0.3 is 19.3 Å². The van der Waals surface area contributed by atoms with Gasteiger partial charge in [0.2, 0.25) is 5.88 Å². The second-order valence-corrected chi connectivity index (χ2v) is 8.21. The second-order valence-electron chi connectivity index (χ2n) is 7.80. The maximum absolute atomic E-state index is 14.1. The molecule has 0 spiro atoms. The third-order valence-electron chi connectivity index (χ3n) is 5.49. The molecule has 35 heavy (non-hydrogen) atoms. The first-order valence-electron chi connectivity index (χ1n) is 10.7. The molecule has 1 aliphatic rings. The molecule has 0 saturated carbocycles. The minimum absolute atomic E-state index is 0.0858. The lowest BCUT2D eigenvalue weighted by atomic mass is 10.1. The number of ether oxygens (including phenoxy) is 2. The number of nitrogens with one attached hydrogen (secondary N) is 1. The molecule has 180 valence electrons. The summed E-state index contributed by atoms with van der Waals surface area (Å²) in [6.07, 6.45) is 0. The molecule has 0 bridgehead atoms. The zero-order valence-electron chi connectivity index (χ0n) is 18.5. The van der Waals surface area contributed by atoms with Crippen LogP contribution in [-0.2, 0) is 0 Å². The molecule has 2 aromatic heterocycles. The van der Waals surface area contributed by atoms with Crippen LogP contribution in [0, 0.1) is 11.6 Å². The first-order chi connectivity index (χ1) is 16.9. The molecule has 1 aliphatic heterocycles. The number of amides is 2. The van der Waals surface area contributed by atoms with Crippen molar-refractivity contribution in [2.24, 2.45) is 0 Å². The highest BCUT2D eigenvalue weighted by molar-refractivity contribution is 6.33. The van der Waals surface area contributed by atoms with E-state index in [0.717, 1.165) is 12.1 Å². The molecule has 0 aliphatic carbocycles. The van der Waals surface area contributed by atoms with Crippen LogP contribution in [0.5, 0.6) is 17.6 Å². The molecule has 2 aromatic carbocycles. The van der Waals surface area contributed by atoms with Crippen LogP contribution in [0.2, 0.25) is 5.02 Å². The zero-order chi connectivity index (χ0) is 24.5. The zero-order valence-corrected chi connectivity index (χ0v) is 19.2. The van der Waals surface area contributed by atoms with Gasteiger partial charge in [-0.25, -0.2) is 13.6 Å². The number of rotatable bonds is 7. The number of nitrogens with zero attached hydrogens (tertiary/aromatic N) is 5. The molecule has 0 unspecified atom stereocenters. The number of hydrogen-bond donors (Lipinski definition) is 1. The van der Waals surface area contributed by atoms with Crippen molar-refractivity contribution in [3.8, 4) is 28.9 Å². The van der Waals surface area contributed by atoms with Crippen molar-refractivity contribution >= 4 is 28.7 Å². The van der Waals surface area contributed by atoms with E-state index in [1.807, 2.05) is 6.07 Å². The van der Waals surface area contributed by atoms with Crippen molar-refractivity contribution in [2.75, 3.05) is 33.3 Å². The minimum Gasteiger partial charge on any atom is -0.475 e. The number of benzene rings is 2. The minimum atomic E-state index is -0.908. The summed E-state index contributed by atoms with van der Waals surface area (Å²) in [4.78, 5) is 24.0. The second kappa shape index (κ2) is 9.34. The Morgan fingerprint density at radius 3 is 2.71 bits per heavy atom. The lowest BCUT2D eigenvalue weighted by Crippen LogP contribution is -2.32. The summed E-state index contributed by atoms with van der Waals surface area (Å²) in [5.74, 6) is -1.80. The van der Waals surface area contributed by atoms with Crippen molar-refractivity contribution in [3.63, 3.8) is 0 Å². The van der Waals surface area contributed by atoms with Gasteiger partial charge in [0, 0.05) is 31.8 Å². The van der Waals surface area contributed by atoms with Gasteiger partial charge in [0.25, 0.3) is 0 Å². The van der Waals surface area contributed by atoms with Crippen LogP contribution < -0.4 is 9.47 Å². The molecule has 1 saturated heterocycles. The van der Waals surface area contributed by atoms with Crippen molar-refractivity contribution in [2.45, 2.75) is 0 Å². The Balaban J connectivity index is 1.50. The van der Waals surface area contributed by atoms with Crippen LogP contribution in [0.15, 0.2) is 42.5 Å². The summed E-state index contributed by atoms with van der Waals surface area (Å²) in [7, 11) is 1.73. The van der Waals surface area contributed by atoms with E-state index in [0.29, 0.717) is 47.4 Å². The van der Waals surface area contributed by atoms with Gasteiger partial charge in [-0.05, 0) is 18.2 Å². The first kappa shape index (κ1) is 22.8. The molecule has 0 atom stereocenters. The number of aromatic amines is 1. The van der Waals surface area contributed by atoms with Crippen LogP contribution in [0.4, 0.5) is 13.6 Å². The van der Waals surface area contributed by atoms with Crippen LogP contribution in [-0.4, -0.2) is 69.3 Å². The standard InChI is InChI=1S/C23H19ClF2N6O3/c1-31-8-9-32(23(31)33)10-11-34-21-18-19(14-4-2-3-5-15(14)24)29-30-20(18)27-22(28-21)35-17-7-6-13(25)12-16(17)26/h2-7,12H,8-11H2,1H3,(H,27,28,29,30). The summed E-state index contributed by atoms with van der Waals surface area (Å²) in [5.41, 5.74) is 1.35. The van der Waals surface area contributed by atoms with E-state index in [1.165, 1.54) is 0 Å². The van der Waals surface area contributed by atoms with Gasteiger partial charge in [0.05, 0.1) is 11.6 Å². The fraction of sp³-hybridized carbons (Fsp3) is 0.217. The maximum Gasteiger partial charge on any atom is 0.327 e. The molecule has 3 heterocycles. The summed E-state index contributed by atoms with van der Waals surface area (Å²) < 4.78 is 38.8. The number of fused-ring (bicyclic) bond motifs is 1. The number of carbonyl (C=O) groups excluding carboxylic acids is 1. The molecular weight excluding hydrogens is 482 g/mol. The highest BCUT2D eigenvalue weighted by atomic mass is 35.5. The predicted molar refractivity (Wildman–Crippen MR) is 124 cm³/mol. The van der Waals surface area contributed by atoms with Crippen LogP contribution in [0.25, 0.3) is 22.3 Å². The number of likely N-dealkylation sites (N-methyl/N-ethyl adjacent to an activating group) is 1. The molecule has 5 rings (SSSR count). The Morgan fingerprint density at radius 1 is 1.14 bits per heavy atom. The lowest BCUT2D eigenvalue weighted by Gasteiger charge is -2.16. The third kappa shape index (κ3) is 4.54. The number of aromatic nitrogens is 4. The number of hydrogen-bond acceptors (Lipinski definition) is 6. The van der Waals surface area contributed by atoms with E-state index >= 15 is 0 Å². The van der Waals surface area contributed by atoms with Crippen molar-refractivity contribution in [1.82, 2.24) is 30.0 Å². The predicted octanol–water partition coefficient (Wildman–Crippen LogP) is 4.49. The van der Waals surface area contributed by atoms with E-state index in [9.17, 15) is 13.6 Å². The summed E-state index contributed by atoms with van der Waals surface area (Å²) in [6.45, 7) is 1.68. The van der Waals surface area contributed by atoms with E-state index in [2.05, 4.69) is 20.2 Å². The number of H-pyrrole nitrogens is 1. The van der Waals surface area contributed by atoms with Gasteiger partial charge in [-0.3, -0.25) is 5.10 Å². The van der Waals surface area contributed by atoms with Crippen LogP contribution >= 0.6 is 11.6 Å². The normalized spacial score (nSPS) is 13.7. The molecule has 1 N–H and O–H groups in total. The quantitative estimate of drug-likeness (QED) is 0.401. The largest absolute Gasteiger partial charge is 0.475 e. The number of carbonyl (C=O) groups is 1. The molecular formula is C23H19ClF2N6O3. The van der Waals surface area contributed by atoms with Crippen molar-refractivity contribution < 1.29 is 23.0 Å². The van der Waals surface area contributed by atoms with Gasteiger partial charge in [0.1, 0.15) is 23.5 Å². The van der Waals surface area contributed by atoms with Gasteiger partial charge in [-0.2, -0.15) is 15.1 Å². The molecule has 4 aromatic rings. The fourth-order valence-electron chi connectivity index (χ4n) is 3.70. The van der Waals surface area contributed by atoms with E-state index < -0.39 is 11.6 Å². The van der Waals surface area contributed by atoms with E-state index in [-0.39, 0.29) is 35.9 Å². The van der Waals surface area contributed by atoms with E-state index in [1.54, 1.807) is 35.0 Å². The average molecular weight is 501 g/mol. The van der Waals surface area contributed by atoms with Crippen LogP contribution in [0.1, 0.15) is 0 Å². The Labute approximate surface area is 203 Å². The first-order valence-corrected chi connectivity index (χ1v) is 11.1. The van der Waals surface area contributed by atoms with Crippen molar-refractivity contribution in [1.29, 1.82) is 0 Å². The topological polar surface area (TPSA) is 96.5 Å². The molecule has 9 nitrogen and oxygen atoms in total. The summed E-state index contributed by atoms with van der Waals surface area (Å²) >= 11 is 6.38. The summed E-state index contributed by atoms with van der Waals surface area (Å²) in [5, 5.41) is 8.04. The average Bonchev–Trinajstić information content (AvgIpc) is 3.40. The third-order valence-corrected chi connectivity index (χ3v) is 5.82. The monoisotopic (exact) mass is 500 g/mol. The highest BCUT2D eigenvalue weighted by Crippen LogP contribution is 2.37. The Hall–Kier alpha value is -3.99. The molecule has 1 fully saturated rings. The Kier molecular flexibility index (Phi) is 6.08. The Morgan fingerprint density at radius 2 is 1.97 bits per heavy atom. The molecule has 2 amide bonds. The van der Waals surface area contributed by atoms with E-state index in [4.69, 9.17) is 21.1 Å². The highest BCUT2D eigenvalue weighted by Gasteiger charge is 2.26. The molecule has 0 radical (unpaired) electrons. The van der Waals surface area contributed by atoms with Crippen molar-refractivity contribution in [3.05, 3.63) is 59.1 Å². The number of halogens is 3. The molecule has 12 heteroatoms. The van der Waals surface area contributed by atoms with Crippen LogP contribution in [0.3, 0.4) is 0 Å². The van der Waals surface area contributed by atoms with Gasteiger partial charge in [-0.1, -0.05) is 29.8 Å². The van der Waals surface area contributed by atoms with Gasteiger partial charge in [0.15, 0.2) is 17.2 Å². The maximum atomic E-state index is 14.1. The Bertz CT molecular complexity index is 1420. The van der Waals surface area contributed by atoms with Gasteiger partial charge in [-0.15, -0.1) is 0 Å². The smallest absolute Gasteiger partial charge is 0.327 e. The fourth-order valence-corrected chi connectivity index (χ4v) is 3.92. The number of urea groups is 1. The van der Waals surface area contributed by atoms with Gasteiger partial charge >= 0.3 is 12.0 Å². The lowest BCUT2D eigenvalue weighted by molar-refractivity contribution is 0.187. The summed E-state index contributed by atoms with van der Waals surface area (Å²) in [6, 6.07) is 9.69. The SMILES string of the molecule is CN1CCN(CCOc2nc(Oc3ccc(F)cc3F)nc3[nH]nc(-c4ccccc4Cl)c23)C1=O.